The lowest BCUT2D eigenvalue weighted by molar-refractivity contribution is -0.0318. The van der Waals surface area contributed by atoms with Crippen LogP contribution in [0.3, 0.4) is 0 Å². The normalized spacial score (nSPS) is 17.4. The first-order chi connectivity index (χ1) is 13.3. The van der Waals surface area contributed by atoms with Gasteiger partial charge in [0.2, 0.25) is 0 Å². The first-order valence-electron chi connectivity index (χ1n) is 9.99. The number of rotatable bonds is 7. The summed E-state index contributed by atoms with van der Waals surface area (Å²) in [5.74, 6) is 2.33. The van der Waals surface area contributed by atoms with Crippen molar-refractivity contribution in [2.45, 2.75) is 38.7 Å². The third-order valence-corrected chi connectivity index (χ3v) is 4.45. The predicted octanol–water partition coefficient (Wildman–Crippen LogP) is 3.43. The Labute approximate surface area is 184 Å². The molecule has 1 aromatic carbocycles. The van der Waals surface area contributed by atoms with Gasteiger partial charge in [-0.2, -0.15) is 0 Å². The fourth-order valence-corrected chi connectivity index (χ4v) is 3.03. The molecule has 1 aromatic rings. The monoisotopic (exact) mass is 505 g/mol. The van der Waals surface area contributed by atoms with E-state index in [1.54, 1.807) is 0 Å². The fraction of sp³-hybridized carbons (Fsp3) is 0.650. The molecule has 2 heterocycles. The number of guanidine groups is 1. The minimum atomic E-state index is 0. The highest BCUT2D eigenvalue weighted by Gasteiger charge is 2.13. The van der Waals surface area contributed by atoms with Crippen molar-refractivity contribution < 1.29 is 18.9 Å². The van der Waals surface area contributed by atoms with Crippen molar-refractivity contribution in [3.63, 3.8) is 0 Å². The molecule has 2 aliphatic heterocycles. The van der Waals surface area contributed by atoms with Crippen LogP contribution in [-0.2, 0) is 9.47 Å². The van der Waals surface area contributed by atoms with Crippen LogP contribution in [0, 0.1) is 0 Å². The highest BCUT2D eigenvalue weighted by molar-refractivity contribution is 14.0. The van der Waals surface area contributed by atoms with Crippen LogP contribution in [0.5, 0.6) is 11.5 Å². The average molecular weight is 505 g/mol. The van der Waals surface area contributed by atoms with E-state index in [-0.39, 0.29) is 24.0 Å². The molecule has 1 saturated heterocycles. The van der Waals surface area contributed by atoms with Crippen molar-refractivity contribution in [3.8, 4) is 11.5 Å². The minimum absolute atomic E-state index is 0. The Morgan fingerprint density at radius 2 is 1.93 bits per heavy atom. The molecule has 3 rings (SSSR count). The summed E-state index contributed by atoms with van der Waals surface area (Å²) in [6.07, 6.45) is 4.14. The van der Waals surface area contributed by atoms with Crippen molar-refractivity contribution >= 4 is 35.6 Å². The van der Waals surface area contributed by atoms with E-state index in [9.17, 15) is 0 Å². The molecule has 2 aliphatic rings. The summed E-state index contributed by atoms with van der Waals surface area (Å²) < 4.78 is 22.7. The maximum atomic E-state index is 5.90. The standard InChI is InChI=1S/C20H31N3O4.HI/c1-2-21-20(22-9-3-10-25-17-7-13-24-14-8-17)23-16-5-6-18-19(15-16)27-12-4-11-26-18;/h5-6,15,17H,2-4,7-14H2,1H3,(H2,21,22,23);1H. The number of aliphatic imine (C=N–C) groups is 1. The second kappa shape index (κ2) is 13.1. The fourth-order valence-electron chi connectivity index (χ4n) is 3.03. The summed E-state index contributed by atoms with van der Waals surface area (Å²) >= 11 is 0. The molecule has 0 unspecified atom stereocenters. The maximum Gasteiger partial charge on any atom is 0.195 e. The van der Waals surface area contributed by atoms with Gasteiger partial charge in [0, 0.05) is 51.1 Å². The SMILES string of the molecule is CCNC(=NCCCOC1CCOCC1)Nc1ccc2c(c1)OCCCO2.I. The van der Waals surface area contributed by atoms with Crippen LogP contribution < -0.4 is 20.1 Å². The zero-order valence-electron chi connectivity index (χ0n) is 16.6. The van der Waals surface area contributed by atoms with Gasteiger partial charge in [-0.15, -0.1) is 24.0 Å². The lowest BCUT2D eigenvalue weighted by atomic mass is 10.1. The molecule has 158 valence electrons. The zero-order chi connectivity index (χ0) is 18.7. The molecule has 28 heavy (non-hydrogen) atoms. The van der Waals surface area contributed by atoms with Crippen LogP contribution in [-0.4, -0.2) is 58.2 Å². The number of ether oxygens (including phenoxy) is 4. The third-order valence-electron chi connectivity index (χ3n) is 4.45. The number of nitrogens with zero attached hydrogens (tertiary/aromatic N) is 1. The largest absolute Gasteiger partial charge is 0.490 e. The van der Waals surface area contributed by atoms with Gasteiger partial charge >= 0.3 is 0 Å². The molecule has 2 N–H and O–H groups in total. The Hall–Kier alpha value is -1.26. The van der Waals surface area contributed by atoms with Gasteiger partial charge in [0.05, 0.1) is 19.3 Å². The number of halogens is 1. The van der Waals surface area contributed by atoms with E-state index in [4.69, 9.17) is 18.9 Å². The summed E-state index contributed by atoms with van der Waals surface area (Å²) in [5, 5.41) is 6.61. The van der Waals surface area contributed by atoms with Crippen molar-refractivity contribution in [1.29, 1.82) is 0 Å². The van der Waals surface area contributed by atoms with Crippen LogP contribution in [0.25, 0.3) is 0 Å². The van der Waals surface area contributed by atoms with Crippen LogP contribution >= 0.6 is 24.0 Å². The van der Waals surface area contributed by atoms with Gasteiger partial charge in [0.15, 0.2) is 17.5 Å². The van der Waals surface area contributed by atoms with Gasteiger partial charge < -0.3 is 29.6 Å². The molecule has 0 spiro atoms. The summed E-state index contributed by atoms with van der Waals surface area (Å²) in [7, 11) is 0. The van der Waals surface area contributed by atoms with E-state index in [0.29, 0.717) is 25.9 Å². The molecule has 0 atom stereocenters. The summed E-state index contributed by atoms with van der Waals surface area (Å²) in [5.41, 5.74) is 0.928. The molecule has 0 radical (unpaired) electrons. The highest BCUT2D eigenvalue weighted by atomic mass is 127. The van der Waals surface area contributed by atoms with Crippen LogP contribution in [0.2, 0.25) is 0 Å². The quantitative estimate of drug-likeness (QED) is 0.256. The number of benzene rings is 1. The van der Waals surface area contributed by atoms with Crippen LogP contribution in [0.4, 0.5) is 5.69 Å². The molecule has 1 fully saturated rings. The number of hydrogen-bond acceptors (Lipinski definition) is 5. The highest BCUT2D eigenvalue weighted by Crippen LogP contribution is 2.32. The smallest absolute Gasteiger partial charge is 0.195 e. The third kappa shape index (κ3) is 7.63. The number of fused-ring (bicyclic) bond motifs is 1. The second-order valence-corrected chi connectivity index (χ2v) is 6.63. The number of anilines is 1. The number of hydrogen-bond donors (Lipinski definition) is 2. The van der Waals surface area contributed by atoms with E-state index in [1.807, 2.05) is 18.2 Å². The molecule has 7 nitrogen and oxygen atoms in total. The van der Waals surface area contributed by atoms with Crippen molar-refractivity contribution in [3.05, 3.63) is 18.2 Å². The van der Waals surface area contributed by atoms with E-state index in [1.165, 1.54) is 0 Å². The van der Waals surface area contributed by atoms with Gasteiger partial charge in [-0.1, -0.05) is 0 Å². The molecular formula is C20H32IN3O4. The average Bonchev–Trinajstić information content (AvgIpc) is 2.93. The molecule has 0 saturated carbocycles. The van der Waals surface area contributed by atoms with Gasteiger partial charge in [0.1, 0.15) is 0 Å². The zero-order valence-corrected chi connectivity index (χ0v) is 18.9. The summed E-state index contributed by atoms with van der Waals surface area (Å²) in [6, 6.07) is 5.88. The van der Waals surface area contributed by atoms with Gasteiger partial charge in [-0.3, -0.25) is 4.99 Å². The Balaban J connectivity index is 0.00000280. The lowest BCUT2D eigenvalue weighted by Crippen LogP contribution is -2.31. The van der Waals surface area contributed by atoms with Crippen LogP contribution in [0.1, 0.15) is 32.6 Å². The second-order valence-electron chi connectivity index (χ2n) is 6.63. The first-order valence-corrected chi connectivity index (χ1v) is 9.99. The molecule has 0 aliphatic carbocycles. The minimum Gasteiger partial charge on any atom is -0.490 e. The van der Waals surface area contributed by atoms with Crippen molar-refractivity contribution in [2.75, 3.05) is 51.4 Å². The molecule has 0 amide bonds. The van der Waals surface area contributed by atoms with Crippen molar-refractivity contribution in [1.82, 2.24) is 5.32 Å². The molecule has 0 aromatic heterocycles. The van der Waals surface area contributed by atoms with Gasteiger partial charge in [-0.05, 0) is 38.3 Å². The lowest BCUT2D eigenvalue weighted by Gasteiger charge is -2.22. The van der Waals surface area contributed by atoms with Gasteiger partial charge in [-0.25, -0.2) is 0 Å². The first kappa shape index (κ1) is 23.0. The topological polar surface area (TPSA) is 73.3 Å². The molecule has 0 bridgehead atoms. The Bertz CT molecular complexity index is 609. The Morgan fingerprint density at radius 1 is 1.14 bits per heavy atom. The Morgan fingerprint density at radius 3 is 2.71 bits per heavy atom. The van der Waals surface area contributed by atoms with E-state index in [2.05, 4.69) is 22.5 Å². The summed E-state index contributed by atoms with van der Waals surface area (Å²) in [6.45, 7) is 7.30. The van der Waals surface area contributed by atoms with E-state index >= 15 is 0 Å². The van der Waals surface area contributed by atoms with E-state index < -0.39 is 0 Å². The maximum absolute atomic E-state index is 5.90. The Kier molecular flexibility index (Phi) is 10.7. The van der Waals surface area contributed by atoms with Crippen LogP contribution in [0.15, 0.2) is 23.2 Å². The predicted molar refractivity (Wildman–Crippen MR) is 121 cm³/mol. The van der Waals surface area contributed by atoms with E-state index in [0.717, 1.165) is 75.2 Å². The number of nitrogens with one attached hydrogen (secondary N) is 2. The van der Waals surface area contributed by atoms with Gasteiger partial charge in [0.25, 0.3) is 0 Å². The molecule has 8 heteroatoms. The summed E-state index contributed by atoms with van der Waals surface area (Å²) in [4.78, 5) is 4.64. The molecular weight excluding hydrogens is 473 g/mol. The van der Waals surface area contributed by atoms with Crippen molar-refractivity contribution in [2.24, 2.45) is 4.99 Å².